The van der Waals surface area contributed by atoms with Crippen molar-refractivity contribution in [3.05, 3.63) is 53.9 Å². The minimum absolute atomic E-state index is 0.00954. The minimum atomic E-state index is -0.464. The van der Waals surface area contributed by atoms with Gasteiger partial charge >= 0.3 is 0 Å². The van der Waals surface area contributed by atoms with Gasteiger partial charge in [-0.05, 0) is 81.7 Å². The first-order valence-corrected chi connectivity index (χ1v) is 14.2. The summed E-state index contributed by atoms with van der Waals surface area (Å²) in [5.41, 5.74) is 4.80. The zero-order valence-electron chi connectivity index (χ0n) is 22.3. The number of fused-ring (bicyclic) bond motifs is 1. The van der Waals surface area contributed by atoms with Crippen molar-refractivity contribution in [1.29, 1.82) is 0 Å². The van der Waals surface area contributed by atoms with Gasteiger partial charge in [0.05, 0.1) is 24.0 Å². The monoisotopic (exact) mass is 503 g/mol. The Bertz CT molecular complexity index is 1100. The number of likely N-dealkylation sites (N-methyl/N-ethyl adjacent to an activating group) is 1. The van der Waals surface area contributed by atoms with Crippen LogP contribution in [0.5, 0.6) is 0 Å². The molecule has 7 heteroatoms. The number of amides is 2. The number of nitrogens with zero attached hydrogens (tertiary/aromatic N) is 3. The lowest BCUT2D eigenvalue weighted by atomic mass is 9.83. The van der Waals surface area contributed by atoms with Crippen LogP contribution < -0.4 is 15.5 Å². The first-order chi connectivity index (χ1) is 18.1. The van der Waals surface area contributed by atoms with E-state index in [1.807, 2.05) is 24.2 Å². The summed E-state index contributed by atoms with van der Waals surface area (Å²) in [6.07, 6.45) is 13.4. The third-order valence-corrected chi connectivity index (χ3v) is 8.60. The van der Waals surface area contributed by atoms with Crippen molar-refractivity contribution < 1.29 is 9.59 Å². The maximum atomic E-state index is 14.1. The van der Waals surface area contributed by atoms with E-state index in [0.29, 0.717) is 0 Å². The Labute approximate surface area is 221 Å². The fourth-order valence-electron chi connectivity index (χ4n) is 6.39. The molecule has 37 heavy (non-hydrogen) atoms. The summed E-state index contributed by atoms with van der Waals surface area (Å²) < 4.78 is 0. The molecule has 0 radical (unpaired) electrons. The number of aryl methyl sites for hydroxylation is 1. The zero-order valence-corrected chi connectivity index (χ0v) is 22.3. The average molecular weight is 504 g/mol. The molecule has 3 atom stereocenters. The number of rotatable bonds is 7. The molecule has 198 valence electrons. The lowest BCUT2D eigenvalue weighted by Gasteiger charge is -2.36. The lowest BCUT2D eigenvalue weighted by molar-refractivity contribution is -0.139. The second kappa shape index (κ2) is 11.6. The molecular weight excluding hydrogens is 462 g/mol. The number of hydrogen-bond acceptors (Lipinski definition) is 5. The third-order valence-electron chi connectivity index (χ3n) is 8.60. The summed E-state index contributed by atoms with van der Waals surface area (Å²) in [4.78, 5) is 36.0. The van der Waals surface area contributed by atoms with Crippen molar-refractivity contribution in [3.8, 4) is 0 Å². The third kappa shape index (κ3) is 5.52. The molecule has 7 nitrogen and oxygen atoms in total. The number of benzene rings is 1. The Morgan fingerprint density at radius 1 is 1.00 bits per heavy atom. The molecule has 1 saturated carbocycles. The first kappa shape index (κ1) is 25.7. The molecule has 3 aliphatic rings. The van der Waals surface area contributed by atoms with E-state index in [-0.39, 0.29) is 29.8 Å². The van der Waals surface area contributed by atoms with Crippen molar-refractivity contribution >= 4 is 23.2 Å². The van der Waals surface area contributed by atoms with Gasteiger partial charge in [-0.25, -0.2) is 0 Å². The van der Waals surface area contributed by atoms with Gasteiger partial charge in [0.15, 0.2) is 0 Å². The highest BCUT2D eigenvalue weighted by molar-refractivity contribution is 5.90. The molecular formula is C30H41N5O2. The van der Waals surface area contributed by atoms with Crippen LogP contribution in [0.2, 0.25) is 0 Å². The number of nitrogens with one attached hydrogen (secondary N) is 2. The molecule has 2 aliphatic heterocycles. The van der Waals surface area contributed by atoms with Crippen LogP contribution in [0.3, 0.4) is 0 Å². The molecule has 2 fully saturated rings. The topological polar surface area (TPSA) is 77.6 Å². The highest BCUT2D eigenvalue weighted by Crippen LogP contribution is 2.38. The molecule has 0 unspecified atom stereocenters. The number of aromatic nitrogens is 1. The standard InChI is InChI=1S/C30H41N5O2/c1-21(31-2)29(36)33-28(23-11-4-3-5-12-23)30(37)35-17-9-15-27(35)24-18-25(20-32-19-24)34-16-8-13-22-10-6-7-14-26(22)34/h6-7,10,14,18-21,23,27-28,31H,3-5,8-9,11-13,15-17H2,1-2H3,(H,33,36)/t21-,27-,28-/m0/s1. The van der Waals surface area contributed by atoms with E-state index in [9.17, 15) is 9.59 Å². The molecule has 5 rings (SSSR count). The van der Waals surface area contributed by atoms with E-state index in [0.717, 1.165) is 75.7 Å². The largest absolute Gasteiger partial charge is 0.343 e. The quantitative estimate of drug-likeness (QED) is 0.582. The molecule has 2 amide bonds. The van der Waals surface area contributed by atoms with E-state index in [4.69, 9.17) is 0 Å². The maximum absolute atomic E-state index is 14.1. The van der Waals surface area contributed by atoms with E-state index in [1.165, 1.54) is 17.7 Å². The second-order valence-corrected chi connectivity index (χ2v) is 10.9. The molecule has 2 N–H and O–H groups in total. The van der Waals surface area contributed by atoms with Crippen LogP contribution in [0.1, 0.15) is 75.5 Å². The number of likely N-dealkylation sites (tertiary alicyclic amines) is 1. The number of para-hydroxylation sites is 1. The molecule has 1 saturated heterocycles. The van der Waals surface area contributed by atoms with Crippen molar-refractivity contribution in [2.24, 2.45) is 5.92 Å². The van der Waals surface area contributed by atoms with Crippen molar-refractivity contribution in [3.63, 3.8) is 0 Å². The molecule has 3 heterocycles. The highest BCUT2D eigenvalue weighted by atomic mass is 16.2. The Hall–Kier alpha value is -2.93. The van der Waals surface area contributed by atoms with Gasteiger partial charge in [-0.1, -0.05) is 37.5 Å². The molecule has 1 aromatic heterocycles. The van der Waals surface area contributed by atoms with Crippen molar-refractivity contribution in [2.45, 2.75) is 82.8 Å². The normalized spacial score (nSPS) is 21.8. The second-order valence-electron chi connectivity index (χ2n) is 10.9. The van der Waals surface area contributed by atoms with E-state index in [2.05, 4.69) is 50.8 Å². The Morgan fingerprint density at radius 2 is 1.81 bits per heavy atom. The van der Waals surface area contributed by atoms with E-state index < -0.39 is 6.04 Å². The predicted molar refractivity (Wildman–Crippen MR) is 147 cm³/mol. The van der Waals surface area contributed by atoms with Gasteiger partial charge in [-0.15, -0.1) is 0 Å². The summed E-state index contributed by atoms with van der Waals surface area (Å²) in [6.45, 7) is 3.53. The van der Waals surface area contributed by atoms with Crippen LogP contribution in [0.15, 0.2) is 42.7 Å². The van der Waals surface area contributed by atoms with Crippen molar-refractivity contribution in [1.82, 2.24) is 20.5 Å². The van der Waals surface area contributed by atoms with E-state index in [1.54, 1.807) is 7.05 Å². The molecule has 2 aromatic rings. The Balaban J connectivity index is 1.39. The average Bonchev–Trinajstić information content (AvgIpc) is 3.45. The van der Waals surface area contributed by atoms with E-state index >= 15 is 0 Å². The Morgan fingerprint density at radius 3 is 2.62 bits per heavy atom. The number of anilines is 2. The summed E-state index contributed by atoms with van der Waals surface area (Å²) in [7, 11) is 1.78. The smallest absolute Gasteiger partial charge is 0.245 e. The molecule has 1 aromatic carbocycles. The van der Waals surface area contributed by atoms with Gasteiger partial charge in [0.2, 0.25) is 11.8 Å². The van der Waals surface area contributed by atoms with Gasteiger partial charge in [-0.3, -0.25) is 14.6 Å². The summed E-state index contributed by atoms with van der Waals surface area (Å²) in [6, 6.07) is 10.0. The molecule has 0 spiro atoms. The first-order valence-electron chi connectivity index (χ1n) is 14.2. The number of pyridine rings is 1. The lowest BCUT2D eigenvalue weighted by Crippen LogP contribution is -2.55. The van der Waals surface area contributed by atoms with Crippen molar-refractivity contribution in [2.75, 3.05) is 25.0 Å². The summed E-state index contributed by atoms with van der Waals surface area (Å²) >= 11 is 0. The SMILES string of the molecule is CN[C@@H](C)C(=O)N[C@H](C(=O)N1CCC[C@H]1c1cncc(N2CCCc3ccccc32)c1)C1CCCCC1. The zero-order chi connectivity index (χ0) is 25.8. The van der Waals surface area contributed by atoms with Crippen LogP contribution in [-0.4, -0.2) is 53.9 Å². The van der Waals surface area contributed by atoms with Gasteiger partial charge < -0.3 is 20.4 Å². The number of carbonyl (C=O) groups excluding carboxylic acids is 2. The summed E-state index contributed by atoms with van der Waals surface area (Å²) in [5, 5.41) is 6.15. The Kier molecular flexibility index (Phi) is 8.08. The fourth-order valence-corrected chi connectivity index (χ4v) is 6.39. The minimum Gasteiger partial charge on any atom is -0.343 e. The fraction of sp³-hybridized carbons (Fsp3) is 0.567. The number of hydrogen-bond donors (Lipinski definition) is 2. The van der Waals surface area contributed by atoms with Gasteiger partial charge in [0.1, 0.15) is 6.04 Å². The highest BCUT2D eigenvalue weighted by Gasteiger charge is 2.39. The molecule has 0 bridgehead atoms. The maximum Gasteiger partial charge on any atom is 0.245 e. The van der Waals surface area contributed by atoms with Crippen LogP contribution in [0.4, 0.5) is 11.4 Å². The van der Waals surface area contributed by atoms with Gasteiger partial charge in [0.25, 0.3) is 0 Å². The predicted octanol–water partition coefficient (Wildman–Crippen LogP) is 4.50. The van der Waals surface area contributed by atoms with Gasteiger partial charge in [0, 0.05) is 25.0 Å². The van der Waals surface area contributed by atoms with Gasteiger partial charge in [-0.2, -0.15) is 0 Å². The van der Waals surface area contributed by atoms with Crippen LogP contribution in [0, 0.1) is 5.92 Å². The summed E-state index contributed by atoms with van der Waals surface area (Å²) in [5.74, 6) is 0.166. The van der Waals surface area contributed by atoms with Crippen LogP contribution in [0.25, 0.3) is 0 Å². The van der Waals surface area contributed by atoms with Crippen LogP contribution >= 0.6 is 0 Å². The van der Waals surface area contributed by atoms with Crippen LogP contribution in [-0.2, 0) is 16.0 Å². The molecule has 1 aliphatic carbocycles. The number of carbonyl (C=O) groups is 2.